The number of carbonyl (C=O) groups is 1. The Labute approximate surface area is 104 Å². The van der Waals surface area contributed by atoms with E-state index in [0.29, 0.717) is 0 Å². The average Bonchev–Trinajstić information content (AvgIpc) is 2.39. The van der Waals surface area contributed by atoms with Crippen LogP contribution in [-0.2, 0) is 0 Å². The smallest absolute Gasteiger partial charge is 0.253 e. The maximum atomic E-state index is 12.2. The standard InChI is InChI=1S/C14H22N2O/c1-4-15(3)11-12-16(5-2)14(17)13-9-7-6-8-10-13/h6-10H,4-5,11-12H2,1-3H3. The fourth-order valence-corrected chi connectivity index (χ4v) is 1.62. The molecular formula is C14H22N2O. The third kappa shape index (κ3) is 4.19. The van der Waals surface area contributed by atoms with Gasteiger partial charge in [0.1, 0.15) is 0 Å². The molecule has 0 spiro atoms. The van der Waals surface area contributed by atoms with Crippen LogP contribution in [0.1, 0.15) is 24.2 Å². The summed E-state index contributed by atoms with van der Waals surface area (Å²) in [5, 5.41) is 0. The summed E-state index contributed by atoms with van der Waals surface area (Å²) in [5.41, 5.74) is 0.772. The second kappa shape index (κ2) is 7.07. The number of benzene rings is 1. The summed E-state index contributed by atoms with van der Waals surface area (Å²) >= 11 is 0. The summed E-state index contributed by atoms with van der Waals surface area (Å²) in [6.07, 6.45) is 0. The third-order valence-corrected chi connectivity index (χ3v) is 2.98. The van der Waals surface area contributed by atoms with Gasteiger partial charge in [0.25, 0.3) is 5.91 Å². The Balaban J connectivity index is 2.59. The van der Waals surface area contributed by atoms with E-state index in [1.165, 1.54) is 0 Å². The Kier molecular flexibility index (Phi) is 5.70. The molecule has 0 aromatic heterocycles. The molecular weight excluding hydrogens is 212 g/mol. The van der Waals surface area contributed by atoms with Gasteiger partial charge in [-0.3, -0.25) is 4.79 Å². The number of carbonyl (C=O) groups excluding carboxylic acids is 1. The van der Waals surface area contributed by atoms with Crippen molar-refractivity contribution in [2.45, 2.75) is 13.8 Å². The fraction of sp³-hybridized carbons (Fsp3) is 0.500. The molecule has 17 heavy (non-hydrogen) atoms. The van der Waals surface area contributed by atoms with Crippen molar-refractivity contribution in [3.8, 4) is 0 Å². The van der Waals surface area contributed by atoms with Crippen LogP contribution in [0, 0.1) is 0 Å². The van der Waals surface area contributed by atoms with Crippen molar-refractivity contribution in [2.75, 3.05) is 33.2 Å². The van der Waals surface area contributed by atoms with Gasteiger partial charge in [-0.1, -0.05) is 25.1 Å². The van der Waals surface area contributed by atoms with E-state index in [4.69, 9.17) is 0 Å². The molecule has 0 aliphatic heterocycles. The highest BCUT2D eigenvalue weighted by molar-refractivity contribution is 5.94. The van der Waals surface area contributed by atoms with Crippen LogP contribution in [-0.4, -0.2) is 48.9 Å². The lowest BCUT2D eigenvalue weighted by Gasteiger charge is -2.24. The SMILES string of the molecule is CCN(C)CCN(CC)C(=O)c1ccccc1. The largest absolute Gasteiger partial charge is 0.338 e. The van der Waals surface area contributed by atoms with Gasteiger partial charge in [0, 0.05) is 25.2 Å². The van der Waals surface area contributed by atoms with Gasteiger partial charge < -0.3 is 9.80 Å². The first-order valence-corrected chi connectivity index (χ1v) is 6.21. The molecule has 0 unspecified atom stereocenters. The molecule has 0 saturated heterocycles. The topological polar surface area (TPSA) is 23.6 Å². The Morgan fingerprint density at radius 3 is 2.24 bits per heavy atom. The predicted octanol–water partition coefficient (Wildman–Crippen LogP) is 2.10. The van der Waals surface area contributed by atoms with Gasteiger partial charge in [0.2, 0.25) is 0 Å². The van der Waals surface area contributed by atoms with E-state index in [9.17, 15) is 4.79 Å². The lowest BCUT2D eigenvalue weighted by atomic mass is 10.2. The first-order valence-electron chi connectivity index (χ1n) is 6.21. The molecule has 0 atom stereocenters. The summed E-state index contributed by atoms with van der Waals surface area (Å²) in [6, 6.07) is 9.47. The van der Waals surface area contributed by atoms with Gasteiger partial charge in [-0.15, -0.1) is 0 Å². The first kappa shape index (κ1) is 13.7. The highest BCUT2D eigenvalue weighted by atomic mass is 16.2. The van der Waals surface area contributed by atoms with Crippen LogP contribution in [0.25, 0.3) is 0 Å². The average molecular weight is 234 g/mol. The summed E-state index contributed by atoms with van der Waals surface area (Å²) in [5.74, 6) is 0.123. The zero-order chi connectivity index (χ0) is 12.7. The van der Waals surface area contributed by atoms with E-state index in [1.807, 2.05) is 42.2 Å². The molecule has 3 heteroatoms. The predicted molar refractivity (Wildman–Crippen MR) is 71.2 cm³/mol. The normalized spacial score (nSPS) is 10.6. The van der Waals surface area contributed by atoms with Crippen molar-refractivity contribution in [3.05, 3.63) is 35.9 Å². The maximum Gasteiger partial charge on any atom is 0.253 e. The van der Waals surface area contributed by atoms with Crippen LogP contribution in [0.5, 0.6) is 0 Å². The van der Waals surface area contributed by atoms with Crippen molar-refractivity contribution >= 4 is 5.91 Å². The molecule has 1 aromatic rings. The monoisotopic (exact) mass is 234 g/mol. The molecule has 94 valence electrons. The van der Waals surface area contributed by atoms with E-state index in [-0.39, 0.29) is 5.91 Å². The molecule has 3 nitrogen and oxygen atoms in total. The van der Waals surface area contributed by atoms with E-state index in [0.717, 1.165) is 31.7 Å². The first-order chi connectivity index (χ1) is 8.19. The Hall–Kier alpha value is -1.35. The summed E-state index contributed by atoms with van der Waals surface area (Å²) in [7, 11) is 2.07. The molecule has 1 aromatic carbocycles. The van der Waals surface area contributed by atoms with Crippen LogP contribution in [0.4, 0.5) is 0 Å². The van der Waals surface area contributed by atoms with E-state index < -0.39 is 0 Å². The molecule has 0 aliphatic rings. The van der Waals surface area contributed by atoms with Crippen LogP contribution >= 0.6 is 0 Å². The van der Waals surface area contributed by atoms with Gasteiger partial charge in [-0.2, -0.15) is 0 Å². The summed E-state index contributed by atoms with van der Waals surface area (Å²) in [4.78, 5) is 16.3. The molecule has 0 aliphatic carbocycles. The summed E-state index contributed by atoms with van der Waals surface area (Å²) in [6.45, 7) is 7.61. The Morgan fingerprint density at radius 2 is 1.71 bits per heavy atom. The minimum atomic E-state index is 0.123. The van der Waals surface area contributed by atoms with Crippen LogP contribution in [0.3, 0.4) is 0 Å². The molecule has 1 rings (SSSR count). The maximum absolute atomic E-state index is 12.2. The summed E-state index contributed by atoms with van der Waals surface area (Å²) < 4.78 is 0. The van der Waals surface area contributed by atoms with Crippen molar-refractivity contribution in [1.29, 1.82) is 0 Å². The molecule has 0 heterocycles. The van der Waals surface area contributed by atoms with Gasteiger partial charge in [-0.25, -0.2) is 0 Å². The Morgan fingerprint density at radius 1 is 1.06 bits per heavy atom. The van der Waals surface area contributed by atoms with E-state index in [1.54, 1.807) is 0 Å². The second-order valence-corrected chi connectivity index (χ2v) is 4.15. The number of rotatable bonds is 6. The van der Waals surface area contributed by atoms with Crippen molar-refractivity contribution in [3.63, 3.8) is 0 Å². The van der Waals surface area contributed by atoms with Gasteiger partial charge in [0.15, 0.2) is 0 Å². The van der Waals surface area contributed by atoms with Gasteiger partial charge in [-0.05, 0) is 32.6 Å². The lowest BCUT2D eigenvalue weighted by Crippen LogP contribution is -2.37. The fourth-order valence-electron chi connectivity index (χ4n) is 1.62. The van der Waals surface area contributed by atoms with Crippen LogP contribution in [0.15, 0.2) is 30.3 Å². The highest BCUT2D eigenvalue weighted by Gasteiger charge is 2.13. The highest BCUT2D eigenvalue weighted by Crippen LogP contribution is 2.04. The second-order valence-electron chi connectivity index (χ2n) is 4.15. The van der Waals surface area contributed by atoms with Gasteiger partial charge >= 0.3 is 0 Å². The molecule has 0 N–H and O–H groups in total. The zero-order valence-electron chi connectivity index (χ0n) is 11.0. The molecule has 0 bridgehead atoms. The number of hydrogen-bond donors (Lipinski definition) is 0. The van der Waals surface area contributed by atoms with Crippen LogP contribution in [0.2, 0.25) is 0 Å². The third-order valence-electron chi connectivity index (χ3n) is 2.98. The Bertz CT molecular complexity index is 337. The van der Waals surface area contributed by atoms with Crippen molar-refractivity contribution in [1.82, 2.24) is 9.80 Å². The minimum absolute atomic E-state index is 0.123. The quantitative estimate of drug-likeness (QED) is 0.752. The molecule has 0 saturated carbocycles. The lowest BCUT2D eigenvalue weighted by molar-refractivity contribution is 0.0751. The van der Waals surface area contributed by atoms with Crippen molar-refractivity contribution < 1.29 is 4.79 Å². The van der Waals surface area contributed by atoms with E-state index >= 15 is 0 Å². The van der Waals surface area contributed by atoms with Crippen LogP contribution < -0.4 is 0 Å². The number of likely N-dealkylation sites (N-methyl/N-ethyl adjacent to an activating group) is 2. The van der Waals surface area contributed by atoms with Gasteiger partial charge in [0.05, 0.1) is 0 Å². The van der Waals surface area contributed by atoms with Crippen molar-refractivity contribution in [2.24, 2.45) is 0 Å². The van der Waals surface area contributed by atoms with E-state index in [2.05, 4.69) is 18.9 Å². The number of amides is 1. The molecule has 0 radical (unpaired) electrons. The number of hydrogen-bond acceptors (Lipinski definition) is 2. The molecule has 0 fully saturated rings. The minimum Gasteiger partial charge on any atom is -0.338 e. The zero-order valence-corrected chi connectivity index (χ0v) is 11.0. The molecule has 1 amide bonds. The number of nitrogens with zero attached hydrogens (tertiary/aromatic N) is 2.